The molecule has 1 nitrogen and oxygen atoms in total. The van der Waals surface area contributed by atoms with Crippen LogP contribution in [0.15, 0.2) is 176 Å². The highest BCUT2D eigenvalue weighted by Crippen LogP contribution is 2.36. The Bertz CT molecular complexity index is 1490. The van der Waals surface area contributed by atoms with Crippen LogP contribution in [0.1, 0.15) is 32.6 Å². The Labute approximate surface area is 236 Å². The number of hydrogen-bond donors (Lipinski definition) is 0. The topological polar surface area (TPSA) is 17.1 Å². The smallest absolute Gasteiger partial charge is 0.150 e. The summed E-state index contributed by atoms with van der Waals surface area (Å²) in [5, 5.41) is 0. The van der Waals surface area contributed by atoms with Crippen LogP contribution >= 0.6 is 0 Å². The van der Waals surface area contributed by atoms with Crippen molar-refractivity contribution >= 4 is 17.4 Å². The van der Waals surface area contributed by atoms with Crippen molar-refractivity contribution < 1.29 is 4.79 Å². The van der Waals surface area contributed by atoms with Crippen LogP contribution in [0.3, 0.4) is 0 Å². The second kappa shape index (κ2) is 13.5. The minimum absolute atomic E-state index is 0.735. The zero-order valence-corrected chi connectivity index (χ0v) is 22.2. The molecular formula is C39H30O. The fraction of sp³-hybridized carbons (Fsp3) is 0. The van der Waals surface area contributed by atoms with Crippen molar-refractivity contribution in [3.8, 4) is 11.1 Å². The molecule has 0 aliphatic carbocycles. The molecule has 0 saturated carbocycles. The van der Waals surface area contributed by atoms with E-state index in [2.05, 4.69) is 121 Å². The van der Waals surface area contributed by atoms with Crippen molar-refractivity contribution in [2.45, 2.75) is 0 Å². The second-order valence-electron chi connectivity index (χ2n) is 9.29. The molecule has 0 fully saturated rings. The number of rotatable bonds is 6. The number of aldehydes is 1. The highest BCUT2D eigenvalue weighted by atomic mass is 16.1. The highest BCUT2D eigenvalue weighted by molar-refractivity contribution is 6.04. The van der Waals surface area contributed by atoms with E-state index in [4.69, 9.17) is 0 Å². The fourth-order valence-corrected chi connectivity index (χ4v) is 4.81. The first-order chi connectivity index (χ1) is 19.8. The van der Waals surface area contributed by atoms with Gasteiger partial charge in [-0.1, -0.05) is 176 Å². The molecule has 0 radical (unpaired) electrons. The maximum Gasteiger partial charge on any atom is 0.150 e. The van der Waals surface area contributed by atoms with E-state index in [-0.39, 0.29) is 0 Å². The van der Waals surface area contributed by atoms with E-state index in [0.29, 0.717) is 0 Å². The number of carbonyl (C=O) groups is 1. The van der Waals surface area contributed by atoms with Gasteiger partial charge in [0.05, 0.1) is 0 Å². The van der Waals surface area contributed by atoms with Gasteiger partial charge in [0.1, 0.15) is 0 Å². The van der Waals surface area contributed by atoms with Gasteiger partial charge in [0.15, 0.2) is 6.29 Å². The highest BCUT2D eigenvalue weighted by Gasteiger charge is 2.15. The summed E-state index contributed by atoms with van der Waals surface area (Å²) in [6, 6.07) is 60.1. The fourth-order valence-electron chi connectivity index (χ4n) is 4.81. The monoisotopic (exact) mass is 514 g/mol. The molecule has 0 bridgehead atoms. The summed E-state index contributed by atoms with van der Waals surface area (Å²) in [6.07, 6.45) is 0.891. The Hall–Kier alpha value is -5.27. The van der Waals surface area contributed by atoms with Gasteiger partial charge >= 0.3 is 0 Å². The van der Waals surface area contributed by atoms with Crippen LogP contribution in [0.2, 0.25) is 0 Å². The van der Waals surface area contributed by atoms with Gasteiger partial charge in [0.2, 0.25) is 0 Å². The molecule has 0 unspecified atom stereocenters. The molecule has 0 spiro atoms. The van der Waals surface area contributed by atoms with Crippen LogP contribution < -0.4 is 0 Å². The van der Waals surface area contributed by atoms with Gasteiger partial charge in [-0.15, -0.1) is 0 Å². The lowest BCUT2D eigenvalue weighted by atomic mass is 9.86. The van der Waals surface area contributed by atoms with Crippen molar-refractivity contribution in [2.75, 3.05) is 0 Å². The standard InChI is InChI=1S/C26H20.C13H10O/c1-5-13-21(14-6-1)25(22-15-7-2-8-16-22)26(23-17-9-3-10-18-23)24-19-11-4-12-20-24;14-10-12-8-4-5-9-13(12)11-6-2-1-3-7-11/h1-20H;1-10H. The molecule has 192 valence electrons. The van der Waals surface area contributed by atoms with E-state index < -0.39 is 0 Å². The Morgan fingerprint density at radius 3 is 1.00 bits per heavy atom. The lowest BCUT2D eigenvalue weighted by molar-refractivity contribution is 0.112. The van der Waals surface area contributed by atoms with Gasteiger partial charge in [0, 0.05) is 5.56 Å². The van der Waals surface area contributed by atoms with Crippen molar-refractivity contribution in [1.82, 2.24) is 0 Å². The summed E-state index contributed by atoms with van der Waals surface area (Å²) in [7, 11) is 0. The zero-order valence-electron chi connectivity index (χ0n) is 22.2. The van der Waals surface area contributed by atoms with Crippen LogP contribution in [-0.4, -0.2) is 6.29 Å². The van der Waals surface area contributed by atoms with Crippen LogP contribution in [0.25, 0.3) is 22.3 Å². The van der Waals surface area contributed by atoms with Crippen LogP contribution in [0.4, 0.5) is 0 Å². The van der Waals surface area contributed by atoms with E-state index >= 15 is 0 Å². The number of carbonyl (C=O) groups excluding carboxylic acids is 1. The van der Waals surface area contributed by atoms with Gasteiger partial charge in [-0.25, -0.2) is 0 Å². The van der Waals surface area contributed by atoms with Crippen LogP contribution in [0, 0.1) is 0 Å². The second-order valence-corrected chi connectivity index (χ2v) is 9.29. The molecule has 0 amide bonds. The third-order valence-corrected chi connectivity index (χ3v) is 6.67. The van der Waals surface area contributed by atoms with Gasteiger partial charge in [-0.05, 0) is 44.5 Å². The Kier molecular flexibility index (Phi) is 8.89. The van der Waals surface area contributed by atoms with E-state index in [9.17, 15) is 4.79 Å². The van der Waals surface area contributed by atoms with E-state index in [1.165, 1.54) is 33.4 Å². The van der Waals surface area contributed by atoms with Crippen molar-refractivity contribution in [3.63, 3.8) is 0 Å². The maximum atomic E-state index is 10.8. The van der Waals surface area contributed by atoms with Crippen LogP contribution in [0.5, 0.6) is 0 Å². The zero-order chi connectivity index (χ0) is 27.4. The molecule has 0 aliphatic heterocycles. The lowest BCUT2D eigenvalue weighted by Gasteiger charge is -2.18. The summed E-state index contributed by atoms with van der Waals surface area (Å²) in [6.45, 7) is 0. The maximum absolute atomic E-state index is 10.8. The quantitative estimate of drug-likeness (QED) is 0.160. The molecule has 6 aromatic carbocycles. The minimum Gasteiger partial charge on any atom is -0.298 e. The Morgan fingerprint density at radius 2 is 0.650 bits per heavy atom. The third kappa shape index (κ3) is 6.40. The molecule has 1 heteroatoms. The number of hydrogen-bond acceptors (Lipinski definition) is 1. The third-order valence-electron chi connectivity index (χ3n) is 6.67. The summed E-state index contributed by atoms with van der Waals surface area (Å²) >= 11 is 0. The van der Waals surface area contributed by atoms with Gasteiger partial charge < -0.3 is 0 Å². The minimum atomic E-state index is 0.735. The molecular weight excluding hydrogens is 484 g/mol. The molecule has 6 rings (SSSR count). The van der Waals surface area contributed by atoms with E-state index in [1.54, 1.807) is 0 Å². The predicted molar refractivity (Wildman–Crippen MR) is 168 cm³/mol. The first-order valence-electron chi connectivity index (χ1n) is 13.4. The predicted octanol–water partition coefficient (Wildman–Crippen LogP) is 9.86. The molecule has 0 aromatic heterocycles. The van der Waals surface area contributed by atoms with Crippen molar-refractivity contribution in [2.24, 2.45) is 0 Å². The van der Waals surface area contributed by atoms with Crippen molar-refractivity contribution in [1.29, 1.82) is 0 Å². The van der Waals surface area contributed by atoms with Crippen LogP contribution in [-0.2, 0) is 0 Å². The first kappa shape index (κ1) is 26.3. The Balaban J connectivity index is 0.000000194. The summed E-state index contributed by atoms with van der Waals surface area (Å²) in [4.78, 5) is 10.8. The van der Waals surface area contributed by atoms with E-state index in [0.717, 1.165) is 23.0 Å². The van der Waals surface area contributed by atoms with Gasteiger partial charge in [-0.2, -0.15) is 0 Å². The largest absolute Gasteiger partial charge is 0.298 e. The lowest BCUT2D eigenvalue weighted by Crippen LogP contribution is -1.97. The molecule has 0 heterocycles. The van der Waals surface area contributed by atoms with Gasteiger partial charge in [0.25, 0.3) is 0 Å². The summed E-state index contributed by atoms with van der Waals surface area (Å²) in [5.41, 5.74) is 10.2. The molecule has 40 heavy (non-hydrogen) atoms. The van der Waals surface area contributed by atoms with E-state index in [1.807, 2.05) is 54.6 Å². The summed E-state index contributed by atoms with van der Waals surface area (Å²) < 4.78 is 0. The molecule has 0 atom stereocenters. The molecule has 0 N–H and O–H groups in total. The Morgan fingerprint density at radius 1 is 0.350 bits per heavy atom. The molecule has 0 aliphatic rings. The molecule has 0 saturated heterocycles. The molecule has 6 aromatic rings. The van der Waals surface area contributed by atoms with Gasteiger partial charge in [-0.3, -0.25) is 4.79 Å². The average Bonchev–Trinajstić information content (AvgIpc) is 3.06. The normalized spacial score (nSPS) is 10.1. The average molecular weight is 515 g/mol. The number of benzene rings is 6. The summed E-state index contributed by atoms with van der Waals surface area (Å²) in [5.74, 6) is 0. The van der Waals surface area contributed by atoms with Crippen molar-refractivity contribution in [3.05, 3.63) is 204 Å². The first-order valence-corrected chi connectivity index (χ1v) is 13.4. The SMILES string of the molecule is O=Cc1ccccc1-c1ccccc1.c1ccc(C(=C(c2ccccc2)c2ccccc2)c2ccccc2)cc1.